The van der Waals surface area contributed by atoms with Gasteiger partial charge in [0.25, 0.3) is 5.91 Å². The number of Topliss-reactive ketones (excluding diaryl/α,β-unsaturated/α-hetero) is 1. The number of rotatable bonds is 5. The molecule has 6 heteroatoms. The smallest absolute Gasteiger partial charge is 0.275 e. The topological polar surface area (TPSA) is 64.8 Å². The second-order valence-electron chi connectivity index (χ2n) is 6.66. The van der Waals surface area contributed by atoms with E-state index in [1.807, 2.05) is 19.9 Å². The first-order valence-corrected chi connectivity index (χ1v) is 8.46. The first-order valence-electron chi connectivity index (χ1n) is 8.46. The number of hydrogen-bond acceptors (Lipinski definition) is 3. The van der Waals surface area contributed by atoms with E-state index in [1.165, 1.54) is 0 Å². The van der Waals surface area contributed by atoms with Gasteiger partial charge in [-0.3, -0.25) is 9.59 Å². The Morgan fingerprint density at radius 3 is 3.00 bits per heavy atom. The van der Waals surface area contributed by atoms with Crippen LogP contribution in [0.2, 0.25) is 0 Å². The number of aromatic nitrogens is 1. The molecule has 2 N–H and O–H groups in total. The Kier molecular flexibility index (Phi) is 4.82. The van der Waals surface area contributed by atoms with Crippen LogP contribution in [0.15, 0.2) is 6.07 Å². The van der Waals surface area contributed by atoms with Crippen molar-refractivity contribution in [1.82, 2.24) is 9.88 Å². The van der Waals surface area contributed by atoms with E-state index in [4.69, 9.17) is 4.74 Å². The van der Waals surface area contributed by atoms with E-state index in [2.05, 4.69) is 9.88 Å². The van der Waals surface area contributed by atoms with Gasteiger partial charge in [0.15, 0.2) is 6.54 Å². The molecule has 0 saturated carbocycles. The highest BCUT2D eigenvalue weighted by Crippen LogP contribution is 2.20. The lowest BCUT2D eigenvalue weighted by Crippen LogP contribution is -3.16. The Morgan fingerprint density at radius 2 is 2.30 bits per heavy atom. The monoisotopic (exact) mass is 320 g/mol. The predicted molar refractivity (Wildman–Crippen MR) is 85.8 cm³/mol. The molecule has 2 aliphatic heterocycles. The van der Waals surface area contributed by atoms with E-state index in [0.717, 1.165) is 54.4 Å². The number of carbonyl (C=O) groups is 2. The van der Waals surface area contributed by atoms with Crippen LogP contribution in [0.5, 0.6) is 0 Å². The number of carbonyl (C=O) groups excluding carboxylic acids is 2. The van der Waals surface area contributed by atoms with Crippen LogP contribution in [0.1, 0.15) is 34.6 Å². The molecule has 2 fully saturated rings. The van der Waals surface area contributed by atoms with E-state index in [1.54, 1.807) is 0 Å². The molecule has 1 aromatic rings. The normalized spacial score (nSPS) is 24.7. The van der Waals surface area contributed by atoms with Crippen molar-refractivity contribution in [3.05, 3.63) is 23.0 Å². The van der Waals surface area contributed by atoms with Crippen LogP contribution < -0.4 is 10.2 Å². The van der Waals surface area contributed by atoms with Gasteiger partial charge in [-0.2, -0.15) is 0 Å². The fourth-order valence-corrected chi connectivity index (χ4v) is 3.59. The Bertz CT molecular complexity index is 602. The van der Waals surface area contributed by atoms with Crippen LogP contribution in [0.3, 0.4) is 0 Å². The second-order valence-corrected chi connectivity index (χ2v) is 6.66. The van der Waals surface area contributed by atoms with E-state index in [9.17, 15) is 9.59 Å². The average molecular weight is 320 g/mol. The van der Waals surface area contributed by atoms with Crippen molar-refractivity contribution in [2.75, 3.05) is 32.8 Å². The lowest BCUT2D eigenvalue weighted by molar-refractivity contribution is -0.884. The molecule has 0 bridgehead atoms. The highest BCUT2D eigenvalue weighted by Gasteiger charge is 2.26. The van der Waals surface area contributed by atoms with Crippen molar-refractivity contribution in [3.8, 4) is 0 Å². The maximum Gasteiger partial charge on any atom is 0.275 e. The zero-order valence-electron chi connectivity index (χ0n) is 14.0. The van der Waals surface area contributed by atoms with E-state index >= 15 is 0 Å². The Balaban J connectivity index is 1.69. The maximum atomic E-state index is 12.6. The molecular formula is C17H26N3O3+. The summed E-state index contributed by atoms with van der Waals surface area (Å²) in [5.74, 6) is 0.157. The minimum Gasteiger partial charge on any atom is -0.376 e. The summed E-state index contributed by atoms with van der Waals surface area (Å²) >= 11 is 0. The van der Waals surface area contributed by atoms with Crippen LogP contribution >= 0.6 is 0 Å². The van der Waals surface area contributed by atoms with Gasteiger partial charge in [-0.05, 0) is 32.8 Å². The standard InChI is InChI=1S/C17H25N3O3/c1-12-8-15(13(2)20(12)9-14-4-3-7-23-14)16(21)10-19-6-5-18-17(22)11-19/h8,14H,3-7,9-11H2,1-2H3,(H,18,22)/p+1/t14-/m1/s1. The van der Waals surface area contributed by atoms with Crippen molar-refractivity contribution in [3.63, 3.8) is 0 Å². The quantitative estimate of drug-likeness (QED) is 0.718. The van der Waals surface area contributed by atoms with Crippen LogP contribution in [0, 0.1) is 13.8 Å². The molecule has 2 saturated heterocycles. The third kappa shape index (κ3) is 3.64. The van der Waals surface area contributed by atoms with Crippen molar-refractivity contribution in [1.29, 1.82) is 0 Å². The third-order valence-electron chi connectivity index (χ3n) is 4.91. The van der Waals surface area contributed by atoms with Gasteiger partial charge in [0.05, 0.1) is 19.2 Å². The molecule has 1 unspecified atom stereocenters. The van der Waals surface area contributed by atoms with Gasteiger partial charge in [0.1, 0.15) is 6.54 Å². The summed E-state index contributed by atoms with van der Waals surface area (Å²) < 4.78 is 7.91. The molecule has 126 valence electrons. The first-order chi connectivity index (χ1) is 11.0. The maximum absolute atomic E-state index is 12.6. The van der Waals surface area contributed by atoms with Gasteiger partial charge in [-0.25, -0.2) is 0 Å². The second kappa shape index (κ2) is 6.84. The molecule has 3 rings (SSSR count). The number of nitrogens with zero attached hydrogens (tertiary/aromatic N) is 1. The molecule has 0 aliphatic carbocycles. The summed E-state index contributed by atoms with van der Waals surface area (Å²) in [6.07, 6.45) is 2.48. The summed E-state index contributed by atoms with van der Waals surface area (Å²) in [5, 5.41) is 2.80. The molecule has 2 atom stereocenters. The summed E-state index contributed by atoms with van der Waals surface area (Å²) in [4.78, 5) is 25.1. The molecule has 1 amide bonds. The molecule has 0 spiro atoms. The zero-order valence-corrected chi connectivity index (χ0v) is 14.0. The van der Waals surface area contributed by atoms with E-state index in [-0.39, 0.29) is 17.8 Å². The van der Waals surface area contributed by atoms with Crippen molar-refractivity contribution >= 4 is 11.7 Å². The summed E-state index contributed by atoms with van der Waals surface area (Å²) in [5.41, 5.74) is 2.91. The van der Waals surface area contributed by atoms with E-state index in [0.29, 0.717) is 19.6 Å². The van der Waals surface area contributed by atoms with Gasteiger partial charge >= 0.3 is 0 Å². The first kappa shape index (κ1) is 16.2. The lowest BCUT2D eigenvalue weighted by atomic mass is 10.1. The minimum atomic E-state index is 0.0305. The summed E-state index contributed by atoms with van der Waals surface area (Å²) in [6, 6.07) is 1.98. The Hall–Kier alpha value is -1.66. The van der Waals surface area contributed by atoms with E-state index < -0.39 is 0 Å². The number of ether oxygens (including phenoxy) is 1. The predicted octanol–water partition coefficient (Wildman–Crippen LogP) is -0.519. The van der Waals surface area contributed by atoms with Gasteiger partial charge in [-0.15, -0.1) is 0 Å². The van der Waals surface area contributed by atoms with Crippen molar-refractivity contribution < 1.29 is 19.2 Å². The molecule has 0 aromatic carbocycles. The van der Waals surface area contributed by atoms with Crippen molar-refractivity contribution in [2.24, 2.45) is 0 Å². The number of piperazine rings is 1. The van der Waals surface area contributed by atoms with Gasteiger partial charge in [-0.1, -0.05) is 0 Å². The zero-order chi connectivity index (χ0) is 16.4. The van der Waals surface area contributed by atoms with Crippen LogP contribution in [-0.4, -0.2) is 55.1 Å². The molecule has 23 heavy (non-hydrogen) atoms. The number of aryl methyl sites for hydroxylation is 1. The summed E-state index contributed by atoms with van der Waals surface area (Å²) in [7, 11) is 0. The Labute approximate surface area is 136 Å². The van der Waals surface area contributed by atoms with Gasteiger partial charge < -0.3 is 19.5 Å². The third-order valence-corrected chi connectivity index (χ3v) is 4.91. The molecular weight excluding hydrogens is 294 g/mol. The highest BCUT2D eigenvalue weighted by atomic mass is 16.5. The lowest BCUT2D eigenvalue weighted by Gasteiger charge is -2.22. The van der Waals surface area contributed by atoms with Crippen molar-refractivity contribution in [2.45, 2.75) is 39.3 Å². The number of hydrogen-bond donors (Lipinski definition) is 2. The minimum absolute atomic E-state index is 0.0305. The average Bonchev–Trinajstić information content (AvgIpc) is 3.11. The molecule has 1 aromatic heterocycles. The number of ketones is 1. The largest absolute Gasteiger partial charge is 0.376 e. The van der Waals surface area contributed by atoms with Gasteiger partial charge in [0.2, 0.25) is 5.78 Å². The van der Waals surface area contributed by atoms with Crippen LogP contribution in [-0.2, 0) is 16.1 Å². The van der Waals surface area contributed by atoms with Crippen LogP contribution in [0.25, 0.3) is 0 Å². The SMILES string of the molecule is Cc1cc(C(=O)C[NH+]2CCNC(=O)C2)c(C)n1C[C@H]1CCCO1. The summed E-state index contributed by atoms with van der Waals surface area (Å²) in [6.45, 7) is 7.96. The molecule has 3 heterocycles. The fraction of sp³-hybridized carbons (Fsp3) is 0.647. The van der Waals surface area contributed by atoms with Crippen LogP contribution in [0.4, 0.5) is 0 Å². The fourth-order valence-electron chi connectivity index (χ4n) is 3.59. The number of quaternary nitrogens is 1. The Morgan fingerprint density at radius 1 is 1.48 bits per heavy atom. The molecule has 0 radical (unpaired) electrons. The molecule has 6 nitrogen and oxygen atoms in total. The highest BCUT2D eigenvalue weighted by molar-refractivity contribution is 5.98. The number of nitrogens with one attached hydrogen (secondary N) is 2. The van der Waals surface area contributed by atoms with Gasteiger partial charge in [0, 0.05) is 30.1 Å². The molecule has 2 aliphatic rings. The number of amides is 1.